The zero-order valence-corrected chi connectivity index (χ0v) is 8.47. The lowest BCUT2D eigenvalue weighted by Crippen LogP contribution is -2.48. The lowest BCUT2D eigenvalue weighted by atomic mass is 10.5. The van der Waals surface area contributed by atoms with E-state index in [0.29, 0.717) is 0 Å². The SMILES string of the molecule is C=CCN1CCC[Si]1(C)OC. The Balaban J connectivity index is 2.56. The molecule has 1 aliphatic heterocycles. The number of nitrogens with zero attached hydrogens (tertiary/aromatic N) is 1. The smallest absolute Gasteiger partial charge is 0.268 e. The van der Waals surface area contributed by atoms with Crippen LogP contribution < -0.4 is 0 Å². The molecule has 0 aromatic heterocycles. The molecule has 0 aliphatic carbocycles. The van der Waals surface area contributed by atoms with Gasteiger partial charge in [0.15, 0.2) is 0 Å². The molecule has 1 rings (SSSR count). The molecule has 0 aromatic carbocycles. The maximum absolute atomic E-state index is 5.58. The second-order valence-electron chi connectivity index (χ2n) is 3.22. The average molecular weight is 171 g/mol. The topological polar surface area (TPSA) is 12.5 Å². The van der Waals surface area contributed by atoms with Gasteiger partial charge in [0.1, 0.15) is 0 Å². The van der Waals surface area contributed by atoms with Gasteiger partial charge < -0.3 is 4.43 Å². The van der Waals surface area contributed by atoms with Crippen molar-refractivity contribution in [3.8, 4) is 0 Å². The Hall–Kier alpha value is -0.123. The summed E-state index contributed by atoms with van der Waals surface area (Å²) in [6, 6.07) is 1.28. The third-order valence-electron chi connectivity index (χ3n) is 2.53. The van der Waals surface area contributed by atoms with Crippen LogP contribution in [0.4, 0.5) is 0 Å². The third-order valence-corrected chi connectivity index (χ3v) is 6.43. The molecule has 64 valence electrons. The van der Waals surface area contributed by atoms with Crippen LogP contribution in [0.15, 0.2) is 12.7 Å². The number of rotatable bonds is 3. The first-order valence-corrected chi connectivity index (χ1v) is 6.70. The van der Waals surface area contributed by atoms with Gasteiger partial charge in [-0.3, -0.25) is 4.57 Å². The Morgan fingerprint density at radius 2 is 2.45 bits per heavy atom. The molecule has 0 amide bonds. The molecule has 0 spiro atoms. The van der Waals surface area contributed by atoms with Crippen LogP contribution in [0.1, 0.15) is 6.42 Å². The van der Waals surface area contributed by atoms with E-state index in [-0.39, 0.29) is 0 Å². The molecule has 1 fully saturated rings. The van der Waals surface area contributed by atoms with E-state index < -0.39 is 8.48 Å². The molecule has 1 atom stereocenters. The summed E-state index contributed by atoms with van der Waals surface area (Å²) in [7, 11) is 0.392. The molecule has 0 aromatic rings. The van der Waals surface area contributed by atoms with Gasteiger partial charge in [0.2, 0.25) is 0 Å². The largest absolute Gasteiger partial charge is 0.406 e. The molecular weight excluding hydrogens is 154 g/mol. The maximum Gasteiger partial charge on any atom is 0.268 e. The van der Waals surface area contributed by atoms with Crippen molar-refractivity contribution in [3.05, 3.63) is 12.7 Å². The van der Waals surface area contributed by atoms with Crippen molar-refractivity contribution in [1.29, 1.82) is 0 Å². The van der Waals surface area contributed by atoms with E-state index in [1.165, 1.54) is 19.0 Å². The van der Waals surface area contributed by atoms with Crippen LogP contribution in [0.5, 0.6) is 0 Å². The van der Waals surface area contributed by atoms with E-state index >= 15 is 0 Å². The number of hydrogen-bond donors (Lipinski definition) is 0. The van der Waals surface area contributed by atoms with Gasteiger partial charge in [0, 0.05) is 13.7 Å². The van der Waals surface area contributed by atoms with Crippen molar-refractivity contribution in [2.75, 3.05) is 20.2 Å². The van der Waals surface area contributed by atoms with Gasteiger partial charge in [-0.05, 0) is 25.6 Å². The minimum atomic E-state index is -1.45. The number of hydrogen-bond acceptors (Lipinski definition) is 2. The van der Waals surface area contributed by atoms with Crippen LogP contribution >= 0.6 is 0 Å². The fourth-order valence-corrected chi connectivity index (χ4v) is 4.40. The third kappa shape index (κ3) is 1.72. The van der Waals surface area contributed by atoms with Gasteiger partial charge in [-0.2, -0.15) is 0 Å². The van der Waals surface area contributed by atoms with Crippen LogP contribution in [0.3, 0.4) is 0 Å². The van der Waals surface area contributed by atoms with Crippen LogP contribution in [0.25, 0.3) is 0 Å². The van der Waals surface area contributed by atoms with Crippen LogP contribution in [0, 0.1) is 0 Å². The summed E-state index contributed by atoms with van der Waals surface area (Å²) in [4.78, 5) is 0. The first kappa shape index (κ1) is 8.97. The van der Waals surface area contributed by atoms with Gasteiger partial charge in [-0.25, -0.2) is 0 Å². The fourth-order valence-electron chi connectivity index (χ4n) is 1.66. The molecule has 0 radical (unpaired) electrons. The van der Waals surface area contributed by atoms with E-state index in [9.17, 15) is 0 Å². The van der Waals surface area contributed by atoms with Gasteiger partial charge >= 0.3 is 0 Å². The van der Waals surface area contributed by atoms with E-state index in [2.05, 4.69) is 17.7 Å². The summed E-state index contributed by atoms with van der Waals surface area (Å²) in [5, 5.41) is 0. The highest BCUT2D eigenvalue weighted by Gasteiger charge is 2.39. The summed E-state index contributed by atoms with van der Waals surface area (Å²) in [6.07, 6.45) is 3.26. The first-order chi connectivity index (χ1) is 5.23. The molecule has 1 heterocycles. The van der Waals surface area contributed by atoms with E-state index in [1.54, 1.807) is 0 Å². The van der Waals surface area contributed by atoms with Crippen molar-refractivity contribution < 1.29 is 4.43 Å². The summed E-state index contributed by atoms with van der Waals surface area (Å²) < 4.78 is 8.04. The highest BCUT2D eigenvalue weighted by Crippen LogP contribution is 2.25. The molecule has 1 saturated heterocycles. The van der Waals surface area contributed by atoms with Gasteiger partial charge in [-0.15, -0.1) is 6.58 Å². The predicted octanol–water partition coefficient (Wildman–Crippen LogP) is 1.60. The Morgan fingerprint density at radius 1 is 1.73 bits per heavy atom. The molecular formula is C8H17NOSi. The minimum Gasteiger partial charge on any atom is -0.406 e. The summed E-state index contributed by atoms with van der Waals surface area (Å²) >= 11 is 0. The highest BCUT2D eigenvalue weighted by atomic mass is 28.4. The van der Waals surface area contributed by atoms with Gasteiger partial charge in [0.25, 0.3) is 8.48 Å². The Labute approximate surface area is 70.1 Å². The fraction of sp³-hybridized carbons (Fsp3) is 0.750. The Bertz CT molecular complexity index is 151. The lowest BCUT2D eigenvalue weighted by molar-refractivity contribution is 0.330. The molecule has 1 aliphatic rings. The highest BCUT2D eigenvalue weighted by molar-refractivity contribution is 6.70. The molecule has 0 saturated carbocycles. The quantitative estimate of drug-likeness (QED) is 0.472. The second kappa shape index (κ2) is 3.52. The van der Waals surface area contributed by atoms with Crippen molar-refractivity contribution in [3.63, 3.8) is 0 Å². The molecule has 0 N–H and O–H groups in total. The van der Waals surface area contributed by atoms with Crippen molar-refractivity contribution in [2.45, 2.75) is 19.0 Å². The molecule has 3 heteroatoms. The minimum absolute atomic E-state index is 0.997. The summed E-state index contributed by atoms with van der Waals surface area (Å²) in [6.45, 7) is 8.22. The maximum atomic E-state index is 5.58. The normalized spacial score (nSPS) is 32.5. The average Bonchev–Trinajstić information content (AvgIpc) is 2.35. The monoisotopic (exact) mass is 171 g/mol. The van der Waals surface area contributed by atoms with Crippen molar-refractivity contribution >= 4 is 8.48 Å². The van der Waals surface area contributed by atoms with Gasteiger partial charge in [0.05, 0.1) is 0 Å². The summed E-state index contributed by atoms with van der Waals surface area (Å²) in [5.74, 6) is 0. The molecule has 0 bridgehead atoms. The Morgan fingerprint density at radius 3 is 3.00 bits per heavy atom. The van der Waals surface area contributed by atoms with Crippen LogP contribution in [-0.2, 0) is 4.43 Å². The van der Waals surface area contributed by atoms with E-state index in [4.69, 9.17) is 4.43 Å². The standard InChI is InChI=1S/C8H17NOSi/c1-4-6-9-7-5-8-11(9,3)10-2/h4H,1,5-8H2,2-3H3. The van der Waals surface area contributed by atoms with Crippen LogP contribution in [0.2, 0.25) is 12.6 Å². The van der Waals surface area contributed by atoms with E-state index in [1.807, 2.05) is 13.2 Å². The lowest BCUT2D eigenvalue weighted by Gasteiger charge is -2.29. The van der Waals surface area contributed by atoms with Crippen LogP contribution in [-0.4, -0.2) is 33.2 Å². The zero-order chi connectivity index (χ0) is 8.32. The summed E-state index contributed by atoms with van der Waals surface area (Å²) in [5.41, 5.74) is 0. The Kier molecular flexibility index (Phi) is 2.87. The van der Waals surface area contributed by atoms with Crippen molar-refractivity contribution in [1.82, 2.24) is 4.57 Å². The predicted molar refractivity (Wildman–Crippen MR) is 49.8 cm³/mol. The second-order valence-corrected chi connectivity index (χ2v) is 7.11. The molecule has 11 heavy (non-hydrogen) atoms. The first-order valence-electron chi connectivity index (χ1n) is 4.14. The molecule has 2 nitrogen and oxygen atoms in total. The van der Waals surface area contributed by atoms with Gasteiger partial charge in [-0.1, -0.05) is 6.08 Å². The zero-order valence-electron chi connectivity index (χ0n) is 7.47. The van der Waals surface area contributed by atoms with Crippen molar-refractivity contribution in [2.24, 2.45) is 0 Å². The molecule has 1 unspecified atom stereocenters. The van der Waals surface area contributed by atoms with E-state index in [0.717, 1.165) is 6.54 Å².